The van der Waals surface area contributed by atoms with E-state index >= 15 is 0 Å². The molecule has 0 atom stereocenters. The summed E-state index contributed by atoms with van der Waals surface area (Å²) in [4.78, 5) is 0. The van der Waals surface area contributed by atoms with Crippen molar-refractivity contribution in [3.05, 3.63) is 41.1 Å². The molecule has 1 aromatic carbocycles. The topological polar surface area (TPSA) is 26.0 Å². The molecule has 3 heteroatoms. The molecule has 0 aliphatic heterocycles. The minimum atomic E-state index is -1.39. The van der Waals surface area contributed by atoms with Crippen molar-refractivity contribution in [1.82, 2.24) is 0 Å². The van der Waals surface area contributed by atoms with E-state index in [0.717, 1.165) is 0 Å². The van der Waals surface area contributed by atoms with E-state index in [-0.39, 0.29) is 0 Å². The molecule has 100 valence electrons. The lowest BCUT2D eigenvalue weighted by atomic mass is 10.2. The van der Waals surface area contributed by atoms with E-state index in [4.69, 9.17) is 5.73 Å². The second-order valence-corrected chi connectivity index (χ2v) is 17.0. The van der Waals surface area contributed by atoms with Crippen LogP contribution in [0, 0.1) is 0 Å². The Balaban J connectivity index is 3.53. The fourth-order valence-electron chi connectivity index (χ4n) is 2.45. The third kappa shape index (κ3) is 3.67. The van der Waals surface area contributed by atoms with Crippen molar-refractivity contribution < 1.29 is 0 Å². The van der Waals surface area contributed by atoms with E-state index in [9.17, 15) is 0 Å². The molecule has 0 aliphatic rings. The van der Waals surface area contributed by atoms with E-state index in [2.05, 4.69) is 69.6 Å². The second kappa shape index (κ2) is 5.55. The van der Waals surface area contributed by atoms with Crippen molar-refractivity contribution in [3.8, 4) is 0 Å². The van der Waals surface area contributed by atoms with Gasteiger partial charge in [-0.1, -0.05) is 80.0 Å². The van der Waals surface area contributed by atoms with Crippen LogP contribution in [0.25, 0.3) is 5.20 Å². The van der Waals surface area contributed by atoms with Crippen LogP contribution in [-0.2, 0) is 0 Å². The van der Waals surface area contributed by atoms with Crippen molar-refractivity contribution in [2.24, 2.45) is 5.73 Å². The van der Waals surface area contributed by atoms with Crippen LogP contribution in [0.3, 0.4) is 0 Å². The van der Waals surface area contributed by atoms with E-state index in [1.54, 1.807) is 10.4 Å². The van der Waals surface area contributed by atoms with Gasteiger partial charge in [-0.2, -0.15) is 0 Å². The van der Waals surface area contributed by atoms with Gasteiger partial charge in [0.25, 0.3) is 0 Å². The zero-order valence-corrected chi connectivity index (χ0v) is 14.7. The molecule has 0 bridgehead atoms. The Bertz CT molecular complexity index is 422. The molecule has 0 unspecified atom stereocenters. The van der Waals surface area contributed by atoms with Gasteiger partial charge in [0.15, 0.2) is 0 Å². The number of nitrogens with two attached hydrogens (primary N) is 1. The molecule has 1 rings (SSSR count). The minimum Gasteiger partial charge on any atom is -0.327 e. The Morgan fingerprint density at radius 2 is 1.39 bits per heavy atom. The Morgan fingerprint density at radius 1 is 0.889 bits per heavy atom. The van der Waals surface area contributed by atoms with Crippen LogP contribution in [0.5, 0.6) is 0 Å². The molecule has 0 saturated carbocycles. The van der Waals surface area contributed by atoms with Gasteiger partial charge in [0.1, 0.15) is 0 Å². The Labute approximate surface area is 114 Å². The first-order chi connectivity index (χ1) is 8.18. The Hall–Kier alpha value is -0.646. The van der Waals surface area contributed by atoms with Gasteiger partial charge < -0.3 is 5.73 Å². The van der Waals surface area contributed by atoms with Crippen LogP contribution in [-0.4, -0.2) is 22.7 Å². The number of benzene rings is 1. The average Bonchev–Trinajstić information content (AvgIpc) is 2.23. The molecule has 1 aromatic rings. The lowest BCUT2D eigenvalue weighted by Gasteiger charge is -2.31. The summed E-state index contributed by atoms with van der Waals surface area (Å²) >= 11 is 0. The molecule has 0 aromatic heterocycles. The van der Waals surface area contributed by atoms with Gasteiger partial charge in [0.05, 0.1) is 16.1 Å². The van der Waals surface area contributed by atoms with Crippen molar-refractivity contribution in [1.29, 1.82) is 0 Å². The molecule has 18 heavy (non-hydrogen) atoms. The molecule has 0 heterocycles. The third-order valence-electron chi connectivity index (χ3n) is 3.22. The summed E-state index contributed by atoms with van der Waals surface area (Å²) in [5.74, 6) is 0. The summed E-state index contributed by atoms with van der Waals surface area (Å²) in [7, 11) is -2.74. The van der Waals surface area contributed by atoms with E-state index < -0.39 is 16.1 Å². The Morgan fingerprint density at radius 3 is 1.72 bits per heavy atom. The van der Waals surface area contributed by atoms with E-state index in [1.165, 1.54) is 5.56 Å². The first-order valence-electron chi connectivity index (χ1n) is 6.67. The number of hydrogen-bond acceptors (Lipinski definition) is 1. The predicted octanol–water partition coefficient (Wildman–Crippen LogP) is 4.15. The molecular weight excluding hydrogens is 250 g/mol. The van der Waals surface area contributed by atoms with Crippen LogP contribution < -0.4 is 5.73 Å². The summed E-state index contributed by atoms with van der Waals surface area (Å²) in [6.07, 6.45) is 0. The van der Waals surface area contributed by atoms with Gasteiger partial charge in [0.2, 0.25) is 0 Å². The molecular formula is C15H27NSi2. The smallest absolute Gasteiger partial charge is 0.0778 e. The highest BCUT2D eigenvalue weighted by molar-refractivity contribution is 6.97. The van der Waals surface area contributed by atoms with E-state index in [1.807, 2.05) is 0 Å². The lowest BCUT2D eigenvalue weighted by molar-refractivity contribution is 1.21. The predicted molar refractivity (Wildman–Crippen MR) is 89.1 cm³/mol. The average molecular weight is 278 g/mol. The van der Waals surface area contributed by atoms with Gasteiger partial charge in [-0.15, -0.1) is 0 Å². The molecule has 0 aliphatic carbocycles. The largest absolute Gasteiger partial charge is 0.327 e. The summed E-state index contributed by atoms with van der Waals surface area (Å²) in [5, 5.41) is 3.14. The Kier molecular flexibility index (Phi) is 4.75. The summed E-state index contributed by atoms with van der Waals surface area (Å²) in [6.45, 7) is 15.2. The fourth-order valence-corrected chi connectivity index (χ4v) is 8.24. The van der Waals surface area contributed by atoms with Crippen LogP contribution in [0.4, 0.5) is 0 Å². The van der Waals surface area contributed by atoms with Gasteiger partial charge >= 0.3 is 0 Å². The molecule has 0 fully saturated rings. The van der Waals surface area contributed by atoms with Crippen LogP contribution in [0.1, 0.15) is 5.56 Å². The highest BCUT2D eigenvalue weighted by Gasteiger charge is 2.30. The zero-order valence-electron chi connectivity index (χ0n) is 12.7. The lowest BCUT2D eigenvalue weighted by Crippen LogP contribution is -2.36. The maximum atomic E-state index is 6.09. The van der Waals surface area contributed by atoms with Gasteiger partial charge in [-0.3, -0.25) is 0 Å². The summed E-state index contributed by atoms with van der Waals surface area (Å²) in [6, 6.07) is 10.8. The van der Waals surface area contributed by atoms with Crippen molar-refractivity contribution in [3.63, 3.8) is 0 Å². The number of rotatable bonds is 4. The highest BCUT2D eigenvalue weighted by atomic mass is 28.3. The molecule has 0 radical (unpaired) electrons. The number of hydrogen-bond donors (Lipinski definition) is 1. The fraction of sp³-hybridized carbons (Fsp3) is 0.467. The first-order valence-corrected chi connectivity index (χ1v) is 13.7. The van der Waals surface area contributed by atoms with E-state index in [0.29, 0.717) is 6.54 Å². The first kappa shape index (κ1) is 15.4. The van der Waals surface area contributed by atoms with Crippen molar-refractivity contribution in [2.45, 2.75) is 39.3 Å². The van der Waals surface area contributed by atoms with Crippen molar-refractivity contribution in [2.75, 3.05) is 6.54 Å². The molecule has 0 spiro atoms. The molecule has 0 saturated heterocycles. The quantitative estimate of drug-likeness (QED) is 0.822. The van der Waals surface area contributed by atoms with Crippen LogP contribution in [0.2, 0.25) is 39.3 Å². The van der Waals surface area contributed by atoms with Crippen molar-refractivity contribution >= 4 is 21.3 Å². The monoisotopic (exact) mass is 277 g/mol. The molecule has 0 amide bonds. The van der Waals surface area contributed by atoms with Gasteiger partial charge in [0, 0.05) is 6.54 Å². The minimum absolute atomic E-state index is 0.713. The van der Waals surface area contributed by atoms with Gasteiger partial charge in [-0.25, -0.2) is 0 Å². The highest BCUT2D eigenvalue weighted by Crippen LogP contribution is 2.32. The zero-order chi connectivity index (χ0) is 14.0. The third-order valence-corrected chi connectivity index (χ3v) is 7.83. The van der Waals surface area contributed by atoms with Crippen LogP contribution >= 0.6 is 0 Å². The maximum Gasteiger partial charge on any atom is 0.0778 e. The molecule has 1 nitrogen and oxygen atoms in total. The molecule has 2 N–H and O–H groups in total. The standard InChI is InChI=1S/C15H27NSi2/c1-17(2,3)14(12-16)15(18(4,5)6)13-10-8-7-9-11-13/h7-11H,12,16H2,1-6H3. The maximum absolute atomic E-state index is 6.09. The van der Waals surface area contributed by atoms with Gasteiger partial charge in [-0.05, 0) is 5.56 Å². The normalized spacial score (nSPS) is 14.4. The second-order valence-electron chi connectivity index (χ2n) is 6.92. The summed E-state index contributed by atoms with van der Waals surface area (Å²) < 4.78 is 0. The summed E-state index contributed by atoms with van der Waals surface area (Å²) in [5.41, 5.74) is 7.48. The van der Waals surface area contributed by atoms with Crippen LogP contribution in [0.15, 0.2) is 35.5 Å². The SMILES string of the molecule is C[Si](C)(C)C(CN)=C(c1ccccc1)[Si](C)(C)C.